The number of rotatable bonds is 6. The molecule has 3 N–H and O–H groups in total. The number of anilines is 1. The van der Waals surface area contributed by atoms with Gasteiger partial charge in [0.1, 0.15) is 12.4 Å². The first-order valence-electron chi connectivity index (χ1n) is 8.89. The van der Waals surface area contributed by atoms with Gasteiger partial charge in [0.2, 0.25) is 0 Å². The Bertz CT molecular complexity index is 847. The Kier molecular flexibility index (Phi) is 5.76. The minimum atomic E-state index is -0.662. The molecule has 6 heteroatoms. The summed E-state index contributed by atoms with van der Waals surface area (Å²) < 4.78 is 18.8. The maximum absolute atomic E-state index is 13.1. The van der Waals surface area contributed by atoms with Crippen molar-refractivity contribution in [2.24, 2.45) is 5.73 Å². The van der Waals surface area contributed by atoms with Crippen molar-refractivity contribution in [3.05, 3.63) is 65.5 Å². The molecule has 1 unspecified atom stereocenters. The van der Waals surface area contributed by atoms with Crippen molar-refractivity contribution in [2.45, 2.75) is 19.4 Å². The summed E-state index contributed by atoms with van der Waals surface area (Å²) in [6.45, 7) is 3.03. The first-order valence-corrected chi connectivity index (χ1v) is 8.89. The summed E-state index contributed by atoms with van der Waals surface area (Å²) in [5.74, 6) is -0.429. The first kappa shape index (κ1) is 18.9. The van der Waals surface area contributed by atoms with E-state index in [9.17, 15) is 14.3 Å². The van der Waals surface area contributed by atoms with Crippen molar-refractivity contribution in [3.8, 4) is 5.75 Å². The van der Waals surface area contributed by atoms with E-state index in [-0.39, 0.29) is 12.4 Å². The molecule has 1 amide bonds. The number of primary amides is 1. The lowest BCUT2D eigenvalue weighted by molar-refractivity contribution is 0.0983. The molecule has 1 atom stereocenters. The molecule has 0 spiro atoms. The predicted molar refractivity (Wildman–Crippen MR) is 103 cm³/mol. The van der Waals surface area contributed by atoms with E-state index in [1.54, 1.807) is 31.2 Å². The zero-order valence-corrected chi connectivity index (χ0v) is 15.2. The Hall–Kier alpha value is -2.86. The zero-order chi connectivity index (χ0) is 19.4. The maximum Gasteiger partial charge on any atom is 0.252 e. The Morgan fingerprint density at radius 3 is 2.63 bits per heavy atom. The molecule has 0 fully saturated rings. The van der Waals surface area contributed by atoms with E-state index in [4.69, 9.17) is 10.5 Å². The number of nitrogens with two attached hydrogens (primary N) is 1. The summed E-state index contributed by atoms with van der Waals surface area (Å²) in [4.78, 5) is 13.9. The Morgan fingerprint density at radius 2 is 2.04 bits per heavy atom. The molecule has 0 saturated carbocycles. The summed E-state index contributed by atoms with van der Waals surface area (Å²) in [6, 6.07) is 11.7. The van der Waals surface area contributed by atoms with Crippen LogP contribution < -0.4 is 15.4 Å². The van der Waals surface area contributed by atoms with E-state index >= 15 is 0 Å². The number of para-hydroxylation sites is 1. The quantitative estimate of drug-likeness (QED) is 0.820. The van der Waals surface area contributed by atoms with Crippen LogP contribution in [0.2, 0.25) is 0 Å². The third-order valence-electron chi connectivity index (χ3n) is 4.49. The molecule has 5 nitrogen and oxygen atoms in total. The highest BCUT2D eigenvalue weighted by atomic mass is 19.1. The normalized spacial score (nSPS) is 15.2. The Morgan fingerprint density at radius 1 is 1.30 bits per heavy atom. The maximum atomic E-state index is 13.1. The van der Waals surface area contributed by atoms with Crippen molar-refractivity contribution in [1.29, 1.82) is 0 Å². The van der Waals surface area contributed by atoms with Crippen molar-refractivity contribution in [1.82, 2.24) is 0 Å². The number of halogens is 1. The van der Waals surface area contributed by atoms with Gasteiger partial charge in [0.25, 0.3) is 5.91 Å². The molecule has 2 aromatic rings. The van der Waals surface area contributed by atoms with Gasteiger partial charge >= 0.3 is 0 Å². The van der Waals surface area contributed by atoms with Gasteiger partial charge in [-0.2, -0.15) is 0 Å². The van der Waals surface area contributed by atoms with E-state index in [0.29, 0.717) is 17.9 Å². The highest BCUT2D eigenvalue weighted by Crippen LogP contribution is 2.35. The van der Waals surface area contributed by atoms with Crippen LogP contribution in [0.1, 0.15) is 29.3 Å². The number of hydrogen-bond donors (Lipinski definition) is 2. The topological polar surface area (TPSA) is 75.8 Å². The van der Waals surface area contributed by atoms with Crippen LogP contribution in [0.15, 0.2) is 48.5 Å². The molecule has 27 heavy (non-hydrogen) atoms. The molecule has 1 aliphatic heterocycles. The fourth-order valence-electron chi connectivity index (χ4n) is 3.14. The minimum absolute atomic E-state index is 0.0712. The summed E-state index contributed by atoms with van der Waals surface area (Å²) in [7, 11) is 0. The Labute approximate surface area is 157 Å². The zero-order valence-electron chi connectivity index (χ0n) is 15.2. The molecule has 142 valence electrons. The Balaban J connectivity index is 1.85. The minimum Gasteiger partial charge on any atom is -0.488 e. The van der Waals surface area contributed by atoms with Crippen molar-refractivity contribution in [3.63, 3.8) is 0 Å². The SMILES string of the molecule is CC(O)COc1c(C(N)=O)cccc1N1CC=C(c2ccc(F)cc2)CC1. The van der Waals surface area contributed by atoms with Crippen LogP contribution in [0.4, 0.5) is 10.1 Å². The average molecular weight is 370 g/mol. The molecular weight excluding hydrogens is 347 g/mol. The van der Waals surface area contributed by atoms with E-state index in [1.807, 2.05) is 6.07 Å². The molecule has 1 aliphatic rings. The van der Waals surface area contributed by atoms with E-state index < -0.39 is 12.0 Å². The number of aliphatic hydroxyl groups is 1. The molecule has 2 aromatic carbocycles. The summed E-state index contributed by atoms with van der Waals surface area (Å²) in [6.07, 6.45) is 2.21. The van der Waals surface area contributed by atoms with Gasteiger partial charge < -0.3 is 20.5 Å². The summed E-state index contributed by atoms with van der Waals surface area (Å²) in [5.41, 5.74) is 8.71. The van der Waals surface area contributed by atoms with Gasteiger partial charge in [0.15, 0.2) is 5.75 Å². The molecule has 0 radical (unpaired) electrons. The lowest BCUT2D eigenvalue weighted by Crippen LogP contribution is -2.29. The van der Waals surface area contributed by atoms with Crippen molar-refractivity contribution >= 4 is 17.2 Å². The smallest absolute Gasteiger partial charge is 0.252 e. The molecular formula is C21H23FN2O3. The number of benzene rings is 2. The van der Waals surface area contributed by atoms with Gasteiger partial charge in [0, 0.05) is 13.1 Å². The number of nitrogens with zero attached hydrogens (tertiary/aromatic N) is 1. The van der Waals surface area contributed by atoms with Crippen LogP contribution in [-0.4, -0.2) is 36.8 Å². The molecule has 0 saturated heterocycles. The fourth-order valence-corrected chi connectivity index (χ4v) is 3.14. The number of hydrogen-bond acceptors (Lipinski definition) is 4. The molecule has 3 rings (SSSR count). The van der Waals surface area contributed by atoms with Gasteiger partial charge in [-0.15, -0.1) is 0 Å². The largest absolute Gasteiger partial charge is 0.488 e. The van der Waals surface area contributed by atoms with Gasteiger partial charge in [-0.1, -0.05) is 24.3 Å². The van der Waals surface area contributed by atoms with E-state index in [1.165, 1.54) is 12.1 Å². The van der Waals surface area contributed by atoms with Crippen LogP contribution in [-0.2, 0) is 0 Å². The first-order chi connectivity index (χ1) is 13.0. The fraction of sp³-hybridized carbons (Fsp3) is 0.286. The second kappa shape index (κ2) is 8.22. The number of aliphatic hydroxyl groups excluding tert-OH is 1. The van der Waals surface area contributed by atoms with E-state index in [2.05, 4.69) is 11.0 Å². The second-order valence-corrected chi connectivity index (χ2v) is 6.61. The summed E-state index contributed by atoms with van der Waals surface area (Å²) >= 11 is 0. The number of amides is 1. The van der Waals surface area contributed by atoms with Crippen LogP contribution in [0, 0.1) is 5.82 Å². The van der Waals surface area contributed by atoms with Crippen LogP contribution >= 0.6 is 0 Å². The van der Waals surface area contributed by atoms with Crippen molar-refractivity contribution < 1.29 is 19.0 Å². The van der Waals surface area contributed by atoms with Crippen LogP contribution in [0.25, 0.3) is 5.57 Å². The second-order valence-electron chi connectivity index (χ2n) is 6.61. The molecule has 0 aliphatic carbocycles. The lowest BCUT2D eigenvalue weighted by Gasteiger charge is -2.30. The van der Waals surface area contributed by atoms with Crippen LogP contribution in [0.3, 0.4) is 0 Å². The van der Waals surface area contributed by atoms with Crippen LogP contribution in [0.5, 0.6) is 5.75 Å². The van der Waals surface area contributed by atoms with Gasteiger partial charge in [-0.05, 0) is 48.7 Å². The van der Waals surface area contributed by atoms with Gasteiger partial charge in [-0.3, -0.25) is 4.79 Å². The van der Waals surface area contributed by atoms with Gasteiger partial charge in [-0.25, -0.2) is 4.39 Å². The number of carbonyl (C=O) groups is 1. The van der Waals surface area contributed by atoms with Gasteiger partial charge in [0.05, 0.1) is 17.4 Å². The average Bonchev–Trinajstić information content (AvgIpc) is 2.66. The van der Waals surface area contributed by atoms with E-state index in [0.717, 1.165) is 29.8 Å². The van der Waals surface area contributed by atoms with Crippen molar-refractivity contribution in [2.75, 3.05) is 24.6 Å². The summed E-state index contributed by atoms with van der Waals surface area (Å²) in [5, 5.41) is 9.53. The molecule has 0 aromatic heterocycles. The predicted octanol–water partition coefficient (Wildman–Crippen LogP) is 2.98. The molecule has 1 heterocycles. The standard InChI is InChI=1S/C21H23FN2O3/c1-14(25)13-27-20-18(21(23)26)3-2-4-19(20)24-11-9-16(10-12-24)15-5-7-17(22)8-6-15/h2-9,14,25H,10-13H2,1H3,(H2,23,26). The third-order valence-corrected chi connectivity index (χ3v) is 4.49. The lowest BCUT2D eigenvalue weighted by atomic mass is 9.99. The molecule has 0 bridgehead atoms. The monoisotopic (exact) mass is 370 g/mol. The highest BCUT2D eigenvalue weighted by molar-refractivity contribution is 5.97. The highest BCUT2D eigenvalue weighted by Gasteiger charge is 2.21. The number of carbonyl (C=O) groups excluding carboxylic acids is 1. The third kappa shape index (κ3) is 4.46. The number of ether oxygens (including phenoxy) is 1.